The van der Waals surface area contributed by atoms with Crippen LogP contribution in [0.1, 0.15) is 4.88 Å². The average Bonchev–Trinajstić information content (AvgIpc) is 2.14. The molecule has 0 aliphatic heterocycles. The van der Waals surface area contributed by atoms with Crippen LogP contribution in [0.15, 0.2) is 10.1 Å². The zero-order valence-electron chi connectivity index (χ0n) is 3.72. The molecule has 2 nitrogen and oxygen atoms in total. The van der Waals surface area contributed by atoms with Crippen molar-refractivity contribution < 1.29 is 4.79 Å². The second-order valence-corrected chi connectivity index (χ2v) is 3.39. The Bertz CT molecular complexity index is 198. The highest BCUT2D eigenvalue weighted by Gasteiger charge is 1.94. The maximum Gasteiger partial charge on any atom is 0.246 e. The van der Waals surface area contributed by atoms with E-state index in [1.807, 2.05) is 0 Å². The highest BCUT2D eigenvalue weighted by molar-refractivity contribution is 9.11. The van der Waals surface area contributed by atoms with Crippen LogP contribution in [0.5, 0.6) is 0 Å². The number of halogens is 1. The first kappa shape index (κ1) is 5.91. The van der Waals surface area contributed by atoms with E-state index in [0.717, 1.165) is 3.92 Å². The molecule has 4 heteroatoms. The van der Waals surface area contributed by atoms with E-state index >= 15 is 0 Å². The molecule has 0 spiro atoms. The first-order valence-corrected chi connectivity index (χ1v) is 3.43. The SMILES string of the molecule is O=[C]c1cnc(Br)s1. The highest BCUT2D eigenvalue weighted by atomic mass is 79.9. The van der Waals surface area contributed by atoms with Crippen molar-refractivity contribution in [1.29, 1.82) is 0 Å². The van der Waals surface area contributed by atoms with E-state index in [0.29, 0.717) is 4.88 Å². The largest absolute Gasteiger partial charge is 0.284 e. The van der Waals surface area contributed by atoms with Crippen molar-refractivity contribution in [3.63, 3.8) is 0 Å². The molecule has 0 aliphatic rings. The molecule has 0 aliphatic carbocycles. The second-order valence-electron chi connectivity index (χ2n) is 1.08. The monoisotopic (exact) mass is 190 g/mol. The van der Waals surface area contributed by atoms with Crippen molar-refractivity contribution >= 4 is 33.6 Å². The molecular weight excluding hydrogens is 190 g/mol. The predicted octanol–water partition coefficient (Wildman–Crippen LogP) is 1.36. The van der Waals surface area contributed by atoms with E-state index in [1.165, 1.54) is 17.5 Å². The summed E-state index contributed by atoms with van der Waals surface area (Å²) in [5.74, 6) is 0. The van der Waals surface area contributed by atoms with Crippen LogP contribution in [0.25, 0.3) is 0 Å². The van der Waals surface area contributed by atoms with Crippen LogP contribution in [-0.2, 0) is 4.79 Å². The van der Waals surface area contributed by atoms with E-state index in [-0.39, 0.29) is 0 Å². The summed E-state index contributed by atoms with van der Waals surface area (Å²) in [6.07, 6.45) is 3.20. The summed E-state index contributed by atoms with van der Waals surface area (Å²) < 4.78 is 0.718. The van der Waals surface area contributed by atoms with Crippen molar-refractivity contribution in [1.82, 2.24) is 4.98 Å². The Morgan fingerprint density at radius 2 is 2.62 bits per heavy atom. The van der Waals surface area contributed by atoms with Crippen molar-refractivity contribution in [2.24, 2.45) is 0 Å². The van der Waals surface area contributed by atoms with Crippen LogP contribution >= 0.6 is 27.3 Å². The molecule has 0 aromatic carbocycles. The van der Waals surface area contributed by atoms with Gasteiger partial charge in [0.15, 0.2) is 3.92 Å². The zero-order valence-corrected chi connectivity index (χ0v) is 6.12. The third-order valence-electron chi connectivity index (χ3n) is 0.578. The maximum atomic E-state index is 9.84. The van der Waals surface area contributed by atoms with Crippen LogP contribution in [0.3, 0.4) is 0 Å². The van der Waals surface area contributed by atoms with E-state index < -0.39 is 0 Å². The Morgan fingerprint density at radius 3 is 2.88 bits per heavy atom. The quantitative estimate of drug-likeness (QED) is 0.670. The van der Waals surface area contributed by atoms with Gasteiger partial charge in [0.2, 0.25) is 6.29 Å². The number of nitrogens with zero attached hydrogens (tertiary/aromatic N) is 1. The lowest BCUT2D eigenvalue weighted by molar-refractivity contribution is 0.563. The average molecular weight is 191 g/mol. The topological polar surface area (TPSA) is 30.0 Å². The van der Waals surface area contributed by atoms with Gasteiger partial charge in [0.05, 0.1) is 11.1 Å². The standard InChI is InChI=1S/C4HBrNOS/c5-4-6-1-3(2-7)8-4/h1H. The molecule has 1 aromatic rings. The van der Waals surface area contributed by atoms with Gasteiger partial charge in [-0.1, -0.05) is 0 Å². The molecule has 1 rings (SSSR count). The van der Waals surface area contributed by atoms with Crippen LogP contribution in [0.4, 0.5) is 0 Å². The number of carbonyl (C=O) groups excluding carboxylic acids is 1. The van der Waals surface area contributed by atoms with E-state index in [9.17, 15) is 4.79 Å². The molecule has 0 unspecified atom stereocenters. The van der Waals surface area contributed by atoms with Crippen LogP contribution in [-0.4, -0.2) is 11.3 Å². The highest BCUT2D eigenvalue weighted by Crippen LogP contribution is 2.15. The predicted molar refractivity (Wildman–Crippen MR) is 34.6 cm³/mol. The van der Waals surface area contributed by atoms with Gasteiger partial charge in [-0.05, 0) is 15.9 Å². The Labute approximate surface area is 58.7 Å². The number of hydrogen-bond donors (Lipinski definition) is 0. The fourth-order valence-corrected chi connectivity index (χ4v) is 1.36. The third-order valence-corrected chi connectivity index (χ3v) is 1.95. The van der Waals surface area contributed by atoms with Gasteiger partial charge in [-0.25, -0.2) is 4.98 Å². The van der Waals surface area contributed by atoms with Crippen molar-refractivity contribution in [3.8, 4) is 0 Å². The zero-order chi connectivity index (χ0) is 5.98. The number of hydrogen-bond acceptors (Lipinski definition) is 3. The second kappa shape index (κ2) is 2.37. The lowest BCUT2D eigenvalue weighted by Crippen LogP contribution is -1.64. The van der Waals surface area contributed by atoms with Gasteiger partial charge in [0.25, 0.3) is 0 Å². The summed E-state index contributed by atoms with van der Waals surface area (Å²) in [6.45, 7) is 0. The first-order chi connectivity index (χ1) is 3.83. The Kier molecular flexibility index (Phi) is 1.75. The van der Waals surface area contributed by atoms with E-state index in [2.05, 4.69) is 20.9 Å². The summed E-state index contributed by atoms with van der Waals surface area (Å²) in [5, 5.41) is 0. The molecule has 1 aromatic heterocycles. The lowest BCUT2D eigenvalue weighted by Gasteiger charge is -1.65. The number of aromatic nitrogens is 1. The minimum Gasteiger partial charge on any atom is -0.284 e. The normalized spacial score (nSPS) is 9.12. The Hall–Kier alpha value is -0.220. The third kappa shape index (κ3) is 1.14. The number of rotatable bonds is 1. The van der Waals surface area contributed by atoms with Crippen LogP contribution in [0.2, 0.25) is 0 Å². The van der Waals surface area contributed by atoms with Gasteiger partial charge in [0.1, 0.15) is 0 Å². The molecule has 1 radical (unpaired) electrons. The van der Waals surface area contributed by atoms with Gasteiger partial charge in [0, 0.05) is 0 Å². The summed E-state index contributed by atoms with van der Waals surface area (Å²) in [7, 11) is 0. The summed E-state index contributed by atoms with van der Waals surface area (Å²) >= 11 is 4.37. The van der Waals surface area contributed by atoms with Crippen LogP contribution < -0.4 is 0 Å². The molecule has 0 bridgehead atoms. The van der Waals surface area contributed by atoms with Crippen LogP contribution in [0, 0.1) is 0 Å². The van der Waals surface area contributed by atoms with Gasteiger partial charge in [-0.2, -0.15) is 0 Å². The summed E-state index contributed by atoms with van der Waals surface area (Å²) in [4.78, 5) is 14.1. The van der Waals surface area contributed by atoms with Gasteiger partial charge in [-0.15, -0.1) is 11.3 Å². The van der Waals surface area contributed by atoms with E-state index in [4.69, 9.17) is 0 Å². The molecule has 1 heterocycles. The Balaban J connectivity index is 3.00. The fraction of sp³-hybridized carbons (Fsp3) is 0. The molecule has 0 N–H and O–H groups in total. The Morgan fingerprint density at radius 1 is 1.88 bits per heavy atom. The smallest absolute Gasteiger partial charge is 0.246 e. The molecule has 0 amide bonds. The van der Waals surface area contributed by atoms with Crippen molar-refractivity contribution in [2.75, 3.05) is 0 Å². The first-order valence-electron chi connectivity index (χ1n) is 1.82. The number of thiazole rings is 1. The fourth-order valence-electron chi connectivity index (χ4n) is 0.300. The summed E-state index contributed by atoms with van der Waals surface area (Å²) in [5.41, 5.74) is 0. The minimum absolute atomic E-state index is 0.525. The minimum atomic E-state index is 0.525. The van der Waals surface area contributed by atoms with Gasteiger partial charge in [-0.3, -0.25) is 4.79 Å². The molecule has 0 fully saturated rings. The molecular formula is C4HBrNOS. The molecule has 0 saturated heterocycles. The van der Waals surface area contributed by atoms with Gasteiger partial charge < -0.3 is 0 Å². The van der Waals surface area contributed by atoms with Crippen molar-refractivity contribution in [2.45, 2.75) is 0 Å². The lowest BCUT2D eigenvalue weighted by atomic mass is 10.6. The summed E-state index contributed by atoms with van der Waals surface area (Å²) in [6, 6.07) is 0. The molecule has 0 saturated carbocycles. The van der Waals surface area contributed by atoms with Crippen molar-refractivity contribution in [3.05, 3.63) is 15.0 Å². The maximum absolute atomic E-state index is 9.84. The molecule has 8 heavy (non-hydrogen) atoms. The van der Waals surface area contributed by atoms with E-state index in [1.54, 1.807) is 6.29 Å². The van der Waals surface area contributed by atoms with Gasteiger partial charge >= 0.3 is 0 Å². The molecule has 41 valence electrons. The molecule has 0 atom stereocenters.